The smallest absolute Gasteiger partial charge is 0.242 e. The molecule has 1 atom stereocenters. The van der Waals surface area contributed by atoms with Crippen molar-refractivity contribution >= 4 is 17.2 Å². The van der Waals surface area contributed by atoms with Crippen LogP contribution in [0.25, 0.3) is 10.6 Å². The van der Waals surface area contributed by atoms with Crippen molar-refractivity contribution in [1.82, 2.24) is 20.1 Å². The normalized spacial score (nSPS) is 21.7. The number of hydrogen-bond acceptors (Lipinski definition) is 6. The zero-order chi connectivity index (χ0) is 17.8. The van der Waals surface area contributed by atoms with E-state index in [0.29, 0.717) is 13.2 Å². The first-order valence-corrected chi connectivity index (χ1v) is 9.99. The summed E-state index contributed by atoms with van der Waals surface area (Å²) in [6, 6.07) is 10.1. The number of piperazine rings is 1. The molecule has 2 aromatic rings. The number of benzene rings is 1. The van der Waals surface area contributed by atoms with Crippen molar-refractivity contribution in [2.24, 2.45) is 0 Å². The molecule has 2 aliphatic rings. The monoisotopic (exact) mass is 372 g/mol. The predicted molar refractivity (Wildman–Crippen MR) is 102 cm³/mol. The van der Waals surface area contributed by atoms with Gasteiger partial charge in [-0.15, -0.1) is 11.3 Å². The first kappa shape index (κ1) is 17.6. The first-order valence-electron chi connectivity index (χ1n) is 9.12. The maximum atomic E-state index is 12.5. The molecule has 1 aromatic carbocycles. The van der Waals surface area contributed by atoms with Gasteiger partial charge in [0.2, 0.25) is 5.91 Å². The molecule has 1 amide bonds. The second-order valence-electron chi connectivity index (χ2n) is 6.69. The third kappa shape index (κ3) is 4.12. The van der Waals surface area contributed by atoms with Gasteiger partial charge in [-0.05, 0) is 0 Å². The number of ether oxygens (including phenoxy) is 1. The lowest BCUT2D eigenvalue weighted by atomic mass is 10.2. The lowest BCUT2D eigenvalue weighted by Crippen LogP contribution is -2.57. The van der Waals surface area contributed by atoms with Crippen molar-refractivity contribution in [2.75, 3.05) is 45.9 Å². The average Bonchev–Trinajstić information content (AvgIpc) is 3.18. The van der Waals surface area contributed by atoms with E-state index in [1.165, 1.54) is 5.56 Å². The maximum absolute atomic E-state index is 12.5. The van der Waals surface area contributed by atoms with Gasteiger partial charge in [0.1, 0.15) is 11.0 Å². The first-order chi connectivity index (χ1) is 12.8. The van der Waals surface area contributed by atoms with E-state index >= 15 is 0 Å². The molecular formula is C19H24N4O2S. The Kier molecular flexibility index (Phi) is 5.59. The highest BCUT2D eigenvalue weighted by Crippen LogP contribution is 2.24. The highest BCUT2D eigenvalue weighted by molar-refractivity contribution is 7.13. The Bertz CT molecular complexity index is 722. The number of carbonyl (C=O) groups excluding carboxylic acids is 1. The molecule has 0 radical (unpaired) electrons. The van der Waals surface area contributed by atoms with Gasteiger partial charge in [-0.2, -0.15) is 0 Å². The van der Waals surface area contributed by atoms with Crippen LogP contribution in [0.3, 0.4) is 0 Å². The van der Waals surface area contributed by atoms with Crippen LogP contribution < -0.4 is 5.32 Å². The maximum Gasteiger partial charge on any atom is 0.242 e. The molecule has 7 heteroatoms. The van der Waals surface area contributed by atoms with Gasteiger partial charge < -0.3 is 15.0 Å². The van der Waals surface area contributed by atoms with E-state index in [2.05, 4.69) is 27.7 Å². The van der Waals surface area contributed by atoms with Crippen LogP contribution in [0, 0.1) is 0 Å². The standard InChI is InChI=1S/C19H24N4O2S/c24-19(17-13-25-11-6-20-17)23-9-7-22(8-10-23)12-16-14-26-18(21-16)15-4-2-1-3-5-15/h1-5,14,17,20H,6-13H2. The zero-order valence-corrected chi connectivity index (χ0v) is 15.6. The molecule has 138 valence electrons. The summed E-state index contributed by atoms with van der Waals surface area (Å²) in [6.07, 6.45) is 0. The molecule has 0 saturated carbocycles. The van der Waals surface area contributed by atoms with Crippen LogP contribution >= 0.6 is 11.3 Å². The summed E-state index contributed by atoms with van der Waals surface area (Å²) in [5.41, 5.74) is 2.28. The molecule has 2 fully saturated rings. The minimum atomic E-state index is -0.178. The topological polar surface area (TPSA) is 57.7 Å². The quantitative estimate of drug-likeness (QED) is 0.880. The molecule has 3 heterocycles. The summed E-state index contributed by atoms with van der Waals surface area (Å²) >= 11 is 1.69. The Balaban J connectivity index is 1.29. The molecule has 6 nitrogen and oxygen atoms in total. The summed E-state index contributed by atoms with van der Waals surface area (Å²) in [5, 5.41) is 6.46. The van der Waals surface area contributed by atoms with Gasteiger partial charge in [0.25, 0.3) is 0 Å². The van der Waals surface area contributed by atoms with Crippen molar-refractivity contribution in [3.05, 3.63) is 41.4 Å². The van der Waals surface area contributed by atoms with Crippen molar-refractivity contribution in [3.8, 4) is 10.6 Å². The summed E-state index contributed by atoms with van der Waals surface area (Å²) in [6.45, 7) is 6.09. The summed E-state index contributed by atoms with van der Waals surface area (Å²) in [5.74, 6) is 0.171. The van der Waals surface area contributed by atoms with Crippen LogP contribution in [0.15, 0.2) is 35.7 Å². The van der Waals surface area contributed by atoms with Gasteiger partial charge in [0.05, 0.1) is 18.9 Å². The van der Waals surface area contributed by atoms with Gasteiger partial charge in [-0.1, -0.05) is 30.3 Å². The van der Waals surface area contributed by atoms with Crippen molar-refractivity contribution in [2.45, 2.75) is 12.6 Å². The fraction of sp³-hybridized carbons (Fsp3) is 0.474. The SMILES string of the molecule is O=C(C1COCCN1)N1CCN(Cc2csc(-c3ccccc3)n2)CC1. The largest absolute Gasteiger partial charge is 0.378 e. The second kappa shape index (κ2) is 8.26. The molecule has 26 heavy (non-hydrogen) atoms. The Hall–Kier alpha value is -1.80. The Morgan fingerprint density at radius 3 is 2.77 bits per heavy atom. The molecule has 0 bridgehead atoms. The predicted octanol–water partition coefficient (Wildman–Crippen LogP) is 1.44. The van der Waals surface area contributed by atoms with Crippen LogP contribution in [0.2, 0.25) is 0 Å². The summed E-state index contributed by atoms with van der Waals surface area (Å²) in [4.78, 5) is 21.6. The molecule has 0 aliphatic carbocycles. The van der Waals surface area contributed by atoms with Crippen molar-refractivity contribution < 1.29 is 9.53 Å². The van der Waals surface area contributed by atoms with E-state index in [1.807, 2.05) is 23.1 Å². The molecule has 1 N–H and O–H groups in total. The number of hydrogen-bond donors (Lipinski definition) is 1. The van der Waals surface area contributed by atoms with Crippen LogP contribution in [-0.2, 0) is 16.1 Å². The summed E-state index contributed by atoms with van der Waals surface area (Å²) < 4.78 is 5.41. The van der Waals surface area contributed by atoms with Crippen LogP contribution in [-0.4, -0.2) is 72.7 Å². The van der Waals surface area contributed by atoms with E-state index in [0.717, 1.165) is 50.0 Å². The molecule has 2 aliphatic heterocycles. The van der Waals surface area contributed by atoms with Crippen molar-refractivity contribution in [3.63, 3.8) is 0 Å². The second-order valence-corrected chi connectivity index (χ2v) is 7.55. The van der Waals surface area contributed by atoms with E-state index in [4.69, 9.17) is 9.72 Å². The molecule has 2 saturated heterocycles. The van der Waals surface area contributed by atoms with Gasteiger partial charge >= 0.3 is 0 Å². The molecular weight excluding hydrogens is 348 g/mol. The molecule has 1 unspecified atom stereocenters. The Morgan fingerprint density at radius 2 is 2.04 bits per heavy atom. The fourth-order valence-electron chi connectivity index (χ4n) is 3.39. The summed E-state index contributed by atoms with van der Waals surface area (Å²) in [7, 11) is 0. The molecule has 4 rings (SSSR count). The highest BCUT2D eigenvalue weighted by Gasteiger charge is 2.28. The minimum absolute atomic E-state index is 0.171. The van der Waals surface area contributed by atoms with Crippen LogP contribution in [0.4, 0.5) is 0 Å². The van der Waals surface area contributed by atoms with Gasteiger partial charge in [-0.25, -0.2) is 4.98 Å². The highest BCUT2D eigenvalue weighted by atomic mass is 32.1. The lowest BCUT2D eigenvalue weighted by molar-refractivity contribution is -0.138. The van der Waals surface area contributed by atoms with E-state index in [9.17, 15) is 4.79 Å². The number of aromatic nitrogens is 1. The Labute approximate surface area is 157 Å². The third-order valence-corrected chi connectivity index (χ3v) is 5.80. The van der Waals surface area contributed by atoms with Crippen LogP contribution in [0.5, 0.6) is 0 Å². The number of rotatable bonds is 4. The number of morpholine rings is 1. The zero-order valence-electron chi connectivity index (χ0n) is 14.8. The average molecular weight is 372 g/mol. The number of thiazole rings is 1. The lowest BCUT2D eigenvalue weighted by Gasteiger charge is -2.37. The third-order valence-electron chi connectivity index (χ3n) is 4.86. The van der Waals surface area contributed by atoms with E-state index in [-0.39, 0.29) is 11.9 Å². The molecule has 0 spiro atoms. The van der Waals surface area contributed by atoms with Crippen LogP contribution in [0.1, 0.15) is 5.69 Å². The van der Waals surface area contributed by atoms with E-state index < -0.39 is 0 Å². The number of carbonyl (C=O) groups is 1. The Morgan fingerprint density at radius 1 is 1.23 bits per heavy atom. The van der Waals surface area contributed by atoms with Gasteiger partial charge in [-0.3, -0.25) is 9.69 Å². The molecule has 1 aromatic heterocycles. The number of nitrogens with one attached hydrogen (secondary N) is 1. The van der Waals surface area contributed by atoms with Crippen molar-refractivity contribution in [1.29, 1.82) is 0 Å². The number of nitrogens with zero attached hydrogens (tertiary/aromatic N) is 3. The minimum Gasteiger partial charge on any atom is -0.378 e. The van der Waals surface area contributed by atoms with Gasteiger partial charge in [0.15, 0.2) is 0 Å². The number of amides is 1. The van der Waals surface area contributed by atoms with E-state index in [1.54, 1.807) is 11.3 Å². The van der Waals surface area contributed by atoms with Gasteiger partial charge in [0, 0.05) is 50.2 Å². The fourth-order valence-corrected chi connectivity index (χ4v) is 4.21.